The summed E-state index contributed by atoms with van der Waals surface area (Å²) in [5.41, 5.74) is 7.20. The number of carbonyl (C=O) groups is 1. The molecule has 1 saturated heterocycles. The molecule has 2 aliphatic heterocycles. The fourth-order valence-electron chi connectivity index (χ4n) is 3.93. The molecule has 0 radical (unpaired) electrons. The molecule has 2 fully saturated rings. The van der Waals surface area contributed by atoms with Crippen molar-refractivity contribution in [1.82, 2.24) is 4.90 Å². The van der Waals surface area contributed by atoms with Gasteiger partial charge in [-0.25, -0.2) is 0 Å². The zero-order valence-corrected chi connectivity index (χ0v) is 19.2. The molecular weight excluding hydrogens is 405 g/mol. The molecule has 176 valence electrons. The number of benzene rings is 1. The summed E-state index contributed by atoms with van der Waals surface area (Å²) in [6.45, 7) is 11.4. The molecule has 7 heteroatoms. The SMILES string of the molecule is CC1(C)COC1.CCC.NC1CCC(C(=O)N2CCc3ccc(C(F)(F)F)cc3C2)C1. The van der Waals surface area contributed by atoms with Crippen molar-refractivity contribution in [3.8, 4) is 0 Å². The quantitative estimate of drug-likeness (QED) is 0.652. The van der Waals surface area contributed by atoms with E-state index < -0.39 is 11.7 Å². The standard InChI is InChI=1S/C16H19F3N2O.C5H10O.C3H8/c17-16(18,19)13-3-1-10-5-6-21(9-12(10)7-13)15(22)11-2-4-14(20)8-11;1-5(2)3-6-4-5;1-3-2/h1,3,7,11,14H,2,4-6,8-9,20H2;3-4H2,1-2H3;3H2,1-2H3. The van der Waals surface area contributed by atoms with Gasteiger partial charge in [0.25, 0.3) is 0 Å². The van der Waals surface area contributed by atoms with Gasteiger partial charge in [0.1, 0.15) is 0 Å². The summed E-state index contributed by atoms with van der Waals surface area (Å²) >= 11 is 0. The molecule has 2 N–H and O–H groups in total. The molecule has 0 aromatic heterocycles. The Morgan fingerprint density at radius 1 is 1.19 bits per heavy atom. The number of nitrogens with two attached hydrogens (primary N) is 1. The third kappa shape index (κ3) is 7.49. The number of fused-ring (bicyclic) bond motifs is 1. The normalized spacial score (nSPS) is 24.1. The van der Waals surface area contributed by atoms with Crippen molar-refractivity contribution in [3.63, 3.8) is 0 Å². The molecule has 1 aliphatic carbocycles. The largest absolute Gasteiger partial charge is 0.416 e. The highest BCUT2D eigenvalue weighted by atomic mass is 19.4. The highest BCUT2D eigenvalue weighted by Gasteiger charge is 2.34. The van der Waals surface area contributed by atoms with Crippen LogP contribution in [0.3, 0.4) is 0 Å². The van der Waals surface area contributed by atoms with Crippen LogP contribution in [0.4, 0.5) is 13.2 Å². The van der Waals surface area contributed by atoms with Crippen molar-refractivity contribution in [2.24, 2.45) is 17.1 Å². The number of ether oxygens (including phenoxy) is 1. The van der Waals surface area contributed by atoms with Gasteiger partial charge in [-0.3, -0.25) is 4.79 Å². The number of nitrogens with zero attached hydrogens (tertiary/aromatic N) is 1. The Morgan fingerprint density at radius 2 is 1.81 bits per heavy atom. The van der Waals surface area contributed by atoms with Crippen molar-refractivity contribution in [1.29, 1.82) is 0 Å². The molecular formula is C24H37F3N2O2. The molecule has 1 aromatic carbocycles. The number of alkyl halides is 3. The Balaban J connectivity index is 0.000000318. The van der Waals surface area contributed by atoms with Gasteiger partial charge < -0.3 is 15.4 Å². The Morgan fingerprint density at radius 3 is 2.26 bits per heavy atom. The van der Waals surface area contributed by atoms with Crippen LogP contribution in [0.2, 0.25) is 0 Å². The van der Waals surface area contributed by atoms with Crippen LogP contribution in [-0.2, 0) is 28.7 Å². The van der Waals surface area contributed by atoms with Crippen molar-refractivity contribution >= 4 is 5.91 Å². The van der Waals surface area contributed by atoms with Gasteiger partial charge in [-0.2, -0.15) is 13.2 Å². The minimum absolute atomic E-state index is 0.0380. The number of hydrogen-bond donors (Lipinski definition) is 1. The second kappa shape index (κ2) is 10.8. The molecule has 0 spiro atoms. The van der Waals surface area contributed by atoms with E-state index in [4.69, 9.17) is 10.5 Å². The zero-order chi connectivity index (χ0) is 23.2. The van der Waals surface area contributed by atoms with E-state index >= 15 is 0 Å². The van der Waals surface area contributed by atoms with Crippen molar-refractivity contribution in [2.45, 2.75) is 78.6 Å². The fourth-order valence-corrected chi connectivity index (χ4v) is 3.93. The topological polar surface area (TPSA) is 55.6 Å². The van der Waals surface area contributed by atoms with E-state index in [1.54, 1.807) is 4.90 Å². The second-order valence-corrected chi connectivity index (χ2v) is 9.63. The number of halogens is 3. The highest BCUT2D eigenvalue weighted by Crippen LogP contribution is 2.33. The first-order chi connectivity index (χ1) is 14.5. The minimum atomic E-state index is -4.35. The molecule has 2 heterocycles. The van der Waals surface area contributed by atoms with Gasteiger partial charge in [-0.15, -0.1) is 0 Å². The van der Waals surface area contributed by atoms with Crippen LogP contribution in [0.15, 0.2) is 18.2 Å². The van der Waals surface area contributed by atoms with Crippen LogP contribution in [0.5, 0.6) is 0 Å². The van der Waals surface area contributed by atoms with E-state index in [-0.39, 0.29) is 24.4 Å². The van der Waals surface area contributed by atoms with Crippen molar-refractivity contribution in [3.05, 3.63) is 34.9 Å². The maximum absolute atomic E-state index is 12.8. The third-order valence-electron chi connectivity index (χ3n) is 5.67. The van der Waals surface area contributed by atoms with Gasteiger partial charge >= 0.3 is 6.18 Å². The second-order valence-electron chi connectivity index (χ2n) is 9.63. The molecule has 2 unspecified atom stereocenters. The lowest BCUT2D eigenvalue weighted by Crippen LogP contribution is -2.39. The average Bonchev–Trinajstić information content (AvgIpc) is 3.12. The van der Waals surface area contributed by atoms with Gasteiger partial charge in [0.2, 0.25) is 5.91 Å². The number of rotatable bonds is 1. The van der Waals surface area contributed by atoms with E-state index in [2.05, 4.69) is 27.7 Å². The monoisotopic (exact) mass is 442 g/mol. The van der Waals surface area contributed by atoms with Crippen LogP contribution in [0.25, 0.3) is 0 Å². The molecule has 4 nitrogen and oxygen atoms in total. The van der Waals surface area contributed by atoms with Gasteiger partial charge in [0, 0.05) is 30.5 Å². The summed E-state index contributed by atoms with van der Waals surface area (Å²) in [5.74, 6) is -0.0293. The molecule has 1 saturated carbocycles. The average molecular weight is 443 g/mol. The van der Waals surface area contributed by atoms with Gasteiger partial charge in [0.15, 0.2) is 0 Å². The summed E-state index contributed by atoms with van der Waals surface area (Å²) in [7, 11) is 0. The maximum Gasteiger partial charge on any atom is 0.416 e. The Labute approximate surface area is 184 Å². The molecule has 2 atom stereocenters. The Hall–Kier alpha value is -1.60. The highest BCUT2D eigenvalue weighted by molar-refractivity contribution is 5.79. The first-order valence-corrected chi connectivity index (χ1v) is 11.3. The lowest BCUT2D eigenvalue weighted by atomic mass is 9.92. The van der Waals surface area contributed by atoms with Gasteiger partial charge in [-0.05, 0) is 48.9 Å². The van der Waals surface area contributed by atoms with Crippen LogP contribution < -0.4 is 5.73 Å². The van der Waals surface area contributed by atoms with E-state index in [1.165, 1.54) is 18.6 Å². The minimum Gasteiger partial charge on any atom is -0.380 e. The molecule has 0 bridgehead atoms. The molecule has 1 amide bonds. The number of carbonyl (C=O) groups excluding carboxylic acids is 1. The Bertz CT molecular complexity index is 728. The van der Waals surface area contributed by atoms with E-state index in [1.807, 2.05) is 0 Å². The van der Waals surface area contributed by atoms with Crippen molar-refractivity contribution in [2.75, 3.05) is 19.8 Å². The van der Waals surface area contributed by atoms with Gasteiger partial charge in [-0.1, -0.05) is 40.2 Å². The van der Waals surface area contributed by atoms with E-state index in [0.29, 0.717) is 30.4 Å². The number of amides is 1. The van der Waals surface area contributed by atoms with Crippen LogP contribution in [-0.4, -0.2) is 36.6 Å². The molecule has 4 rings (SSSR count). The first kappa shape index (κ1) is 25.7. The van der Waals surface area contributed by atoms with Gasteiger partial charge in [0.05, 0.1) is 18.8 Å². The van der Waals surface area contributed by atoms with Crippen LogP contribution in [0, 0.1) is 11.3 Å². The van der Waals surface area contributed by atoms with E-state index in [0.717, 1.165) is 37.7 Å². The zero-order valence-electron chi connectivity index (χ0n) is 19.2. The van der Waals surface area contributed by atoms with Crippen LogP contribution in [0.1, 0.15) is 70.1 Å². The third-order valence-corrected chi connectivity index (χ3v) is 5.67. The molecule has 3 aliphatic rings. The summed E-state index contributed by atoms with van der Waals surface area (Å²) in [4.78, 5) is 14.2. The first-order valence-electron chi connectivity index (χ1n) is 11.3. The lowest BCUT2D eigenvalue weighted by Gasteiger charge is -2.33. The smallest absolute Gasteiger partial charge is 0.380 e. The maximum atomic E-state index is 12.8. The summed E-state index contributed by atoms with van der Waals surface area (Å²) in [6, 6.07) is 3.90. The Kier molecular flexibility index (Phi) is 8.95. The molecule has 31 heavy (non-hydrogen) atoms. The predicted octanol–water partition coefficient (Wildman–Crippen LogP) is 5.18. The lowest BCUT2D eigenvalue weighted by molar-refractivity contribution is -0.137. The summed E-state index contributed by atoms with van der Waals surface area (Å²) in [6.07, 6.45) is -0.173. The van der Waals surface area contributed by atoms with E-state index in [9.17, 15) is 18.0 Å². The van der Waals surface area contributed by atoms with Crippen molar-refractivity contribution < 1.29 is 22.7 Å². The fraction of sp³-hybridized carbons (Fsp3) is 0.708. The molecule has 1 aromatic rings. The summed E-state index contributed by atoms with van der Waals surface area (Å²) < 4.78 is 43.4. The predicted molar refractivity (Wildman–Crippen MR) is 116 cm³/mol. The van der Waals surface area contributed by atoms with Crippen LogP contribution >= 0.6 is 0 Å². The number of hydrogen-bond acceptors (Lipinski definition) is 3. The summed E-state index contributed by atoms with van der Waals surface area (Å²) in [5, 5.41) is 0.